The fourth-order valence-electron chi connectivity index (χ4n) is 2.10. The van der Waals surface area contributed by atoms with E-state index in [-0.39, 0.29) is 0 Å². The van der Waals surface area contributed by atoms with E-state index in [9.17, 15) is 0 Å². The van der Waals surface area contributed by atoms with Crippen LogP contribution in [0.5, 0.6) is 0 Å². The first kappa shape index (κ1) is 12.0. The van der Waals surface area contributed by atoms with Gasteiger partial charge in [-0.3, -0.25) is 4.57 Å². The summed E-state index contributed by atoms with van der Waals surface area (Å²) < 4.78 is 3.83. The predicted molar refractivity (Wildman–Crippen MR) is 75.0 cm³/mol. The summed E-state index contributed by atoms with van der Waals surface area (Å²) in [6.45, 7) is 1.97. The largest absolute Gasteiger partial charge is 0.290 e. The molecular formula is C14H13ClN4. The average molecular weight is 273 g/mol. The highest BCUT2D eigenvalue weighted by molar-refractivity contribution is 6.17. The van der Waals surface area contributed by atoms with Gasteiger partial charge < -0.3 is 0 Å². The molecule has 0 saturated carbocycles. The first-order chi connectivity index (χ1) is 9.31. The molecule has 0 atom stereocenters. The van der Waals surface area contributed by atoms with Crippen LogP contribution in [0.3, 0.4) is 0 Å². The van der Waals surface area contributed by atoms with Gasteiger partial charge in [0.2, 0.25) is 0 Å². The van der Waals surface area contributed by atoms with Crippen LogP contribution in [-0.4, -0.2) is 19.3 Å². The standard InChI is InChI=1S/C14H13ClN4/c1-11-13(9-15)14(18-8-7-16-10-18)19(17-11)12-5-3-2-4-6-12/h2-8,10H,9H2,1H3. The van der Waals surface area contributed by atoms with Crippen molar-refractivity contribution in [2.24, 2.45) is 0 Å². The Morgan fingerprint density at radius 1 is 1.21 bits per heavy atom. The molecule has 0 saturated heterocycles. The van der Waals surface area contributed by atoms with E-state index in [2.05, 4.69) is 10.1 Å². The van der Waals surface area contributed by atoms with Crippen LogP contribution in [0.4, 0.5) is 0 Å². The monoisotopic (exact) mass is 272 g/mol. The lowest BCUT2D eigenvalue weighted by molar-refractivity contribution is 0.810. The van der Waals surface area contributed by atoms with E-state index in [1.807, 2.05) is 52.7 Å². The van der Waals surface area contributed by atoms with Crippen LogP contribution in [0, 0.1) is 6.92 Å². The SMILES string of the molecule is Cc1nn(-c2ccccc2)c(-n2ccnc2)c1CCl. The maximum absolute atomic E-state index is 6.07. The molecule has 0 unspecified atom stereocenters. The zero-order valence-electron chi connectivity index (χ0n) is 10.5. The Kier molecular flexibility index (Phi) is 3.09. The van der Waals surface area contributed by atoms with Gasteiger partial charge in [0.15, 0.2) is 0 Å². The molecule has 0 fully saturated rings. The Morgan fingerprint density at radius 3 is 2.63 bits per heavy atom. The van der Waals surface area contributed by atoms with Crippen LogP contribution in [0.15, 0.2) is 49.1 Å². The third kappa shape index (κ3) is 2.04. The number of alkyl halides is 1. The van der Waals surface area contributed by atoms with E-state index >= 15 is 0 Å². The van der Waals surface area contributed by atoms with Gasteiger partial charge in [-0.2, -0.15) is 5.10 Å². The Hall–Kier alpha value is -2.07. The topological polar surface area (TPSA) is 35.6 Å². The number of nitrogens with zero attached hydrogens (tertiary/aromatic N) is 4. The smallest absolute Gasteiger partial charge is 0.146 e. The summed E-state index contributed by atoms with van der Waals surface area (Å²) in [6.07, 6.45) is 5.40. The number of hydrogen-bond acceptors (Lipinski definition) is 2. The molecule has 0 aliphatic rings. The summed E-state index contributed by atoms with van der Waals surface area (Å²) >= 11 is 6.07. The molecule has 19 heavy (non-hydrogen) atoms. The van der Waals surface area contributed by atoms with Gasteiger partial charge in [-0.05, 0) is 19.1 Å². The Morgan fingerprint density at radius 2 is 2.00 bits per heavy atom. The molecule has 1 aromatic carbocycles. The molecule has 0 amide bonds. The maximum atomic E-state index is 6.07. The van der Waals surface area contributed by atoms with Crippen molar-refractivity contribution in [3.63, 3.8) is 0 Å². The van der Waals surface area contributed by atoms with Crippen LogP contribution in [0.25, 0.3) is 11.5 Å². The third-order valence-corrected chi connectivity index (χ3v) is 3.31. The molecule has 3 rings (SSSR count). The number of aromatic nitrogens is 4. The number of imidazole rings is 1. The minimum atomic E-state index is 0.423. The van der Waals surface area contributed by atoms with E-state index in [1.165, 1.54) is 0 Å². The molecule has 3 aromatic rings. The zero-order valence-corrected chi connectivity index (χ0v) is 11.2. The van der Waals surface area contributed by atoms with Crippen LogP contribution in [-0.2, 0) is 5.88 Å². The summed E-state index contributed by atoms with van der Waals surface area (Å²) in [5, 5.41) is 4.59. The normalized spacial score (nSPS) is 10.8. The Labute approximate surface area is 116 Å². The second kappa shape index (κ2) is 4.90. The van der Waals surface area contributed by atoms with Crippen molar-refractivity contribution in [1.82, 2.24) is 19.3 Å². The van der Waals surface area contributed by atoms with Crippen LogP contribution >= 0.6 is 11.6 Å². The zero-order chi connectivity index (χ0) is 13.2. The second-order valence-electron chi connectivity index (χ2n) is 4.24. The Balaban J connectivity index is 2.26. The van der Waals surface area contributed by atoms with Gasteiger partial charge in [-0.15, -0.1) is 11.6 Å². The van der Waals surface area contributed by atoms with Crippen LogP contribution < -0.4 is 0 Å². The quantitative estimate of drug-likeness (QED) is 0.687. The summed E-state index contributed by atoms with van der Waals surface area (Å²) in [5.74, 6) is 1.36. The summed E-state index contributed by atoms with van der Waals surface area (Å²) in [5.41, 5.74) is 2.96. The highest BCUT2D eigenvalue weighted by Crippen LogP contribution is 2.23. The molecule has 96 valence electrons. The lowest BCUT2D eigenvalue weighted by atomic mass is 10.2. The number of para-hydroxylation sites is 1. The summed E-state index contributed by atoms with van der Waals surface area (Å²) in [7, 11) is 0. The van der Waals surface area contributed by atoms with E-state index in [1.54, 1.807) is 12.5 Å². The van der Waals surface area contributed by atoms with E-state index < -0.39 is 0 Å². The predicted octanol–water partition coefficient (Wildman–Crippen LogP) is 3.11. The van der Waals surface area contributed by atoms with Crippen molar-refractivity contribution in [2.45, 2.75) is 12.8 Å². The number of halogens is 1. The average Bonchev–Trinajstić information content (AvgIpc) is 3.06. The van der Waals surface area contributed by atoms with Gasteiger partial charge in [-0.25, -0.2) is 9.67 Å². The molecule has 2 aromatic heterocycles. The van der Waals surface area contributed by atoms with Gasteiger partial charge in [0, 0.05) is 18.0 Å². The molecule has 5 heteroatoms. The summed E-state index contributed by atoms with van der Waals surface area (Å²) in [4.78, 5) is 4.10. The highest BCUT2D eigenvalue weighted by atomic mass is 35.5. The molecule has 0 spiro atoms. The van der Waals surface area contributed by atoms with Gasteiger partial charge >= 0.3 is 0 Å². The highest BCUT2D eigenvalue weighted by Gasteiger charge is 2.16. The molecule has 0 N–H and O–H groups in total. The summed E-state index contributed by atoms with van der Waals surface area (Å²) in [6, 6.07) is 10.0. The number of hydrogen-bond donors (Lipinski definition) is 0. The number of aryl methyl sites for hydroxylation is 1. The molecule has 0 bridgehead atoms. The van der Waals surface area contributed by atoms with Crippen LogP contribution in [0.1, 0.15) is 11.3 Å². The molecular weight excluding hydrogens is 260 g/mol. The molecule has 0 radical (unpaired) electrons. The van der Waals surface area contributed by atoms with E-state index in [0.29, 0.717) is 5.88 Å². The lowest BCUT2D eigenvalue weighted by Crippen LogP contribution is -2.05. The first-order valence-corrected chi connectivity index (χ1v) is 6.53. The Bertz CT molecular complexity index is 671. The van der Waals surface area contributed by atoms with Crippen LogP contribution in [0.2, 0.25) is 0 Å². The van der Waals surface area contributed by atoms with Gasteiger partial charge in [0.05, 0.1) is 17.3 Å². The third-order valence-electron chi connectivity index (χ3n) is 3.04. The fourth-order valence-corrected chi connectivity index (χ4v) is 2.42. The van der Waals surface area contributed by atoms with Crippen molar-refractivity contribution in [3.05, 3.63) is 60.3 Å². The minimum absolute atomic E-state index is 0.423. The number of rotatable bonds is 3. The van der Waals surface area contributed by atoms with Crippen molar-refractivity contribution in [3.8, 4) is 11.5 Å². The molecule has 4 nitrogen and oxygen atoms in total. The van der Waals surface area contributed by atoms with Gasteiger partial charge in [0.1, 0.15) is 12.1 Å². The van der Waals surface area contributed by atoms with E-state index in [4.69, 9.17) is 11.6 Å². The second-order valence-corrected chi connectivity index (χ2v) is 4.51. The van der Waals surface area contributed by atoms with Crippen molar-refractivity contribution >= 4 is 11.6 Å². The minimum Gasteiger partial charge on any atom is -0.290 e. The van der Waals surface area contributed by atoms with E-state index in [0.717, 1.165) is 22.8 Å². The molecule has 0 aliphatic heterocycles. The van der Waals surface area contributed by atoms with Crippen molar-refractivity contribution < 1.29 is 0 Å². The maximum Gasteiger partial charge on any atom is 0.146 e. The van der Waals surface area contributed by atoms with Crippen molar-refractivity contribution in [2.75, 3.05) is 0 Å². The van der Waals surface area contributed by atoms with Gasteiger partial charge in [0.25, 0.3) is 0 Å². The number of benzene rings is 1. The fraction of sp³-hybridized carbons (Fsp3) is 0.143. The lowest BCUT2D eigenvalue weighted by Gasteiger charge is -2.09. The molecule has 2 heterocycles. The van der Waals surface area contributed by atoms with Gasteiger partial charge in [-0.1, -0.05) is 18.2 Å². The molecule has 0 aliphatic carbocycles. The first-order valence-electron chi connectivity index (χ1n) is 5.99. The van der Waals surface area contributed by atoms with Crippen molar-refractivity contribution in [1.29, 1.82) is 0 Å².